The van der Waals surface area contributed by atoms with E-state index in [1.807, 2.05) is 12.1 Å². The van der Waals surface area contributed by atoms with Crippen molar-refractivity contribution in [2.75, 3.05) is 26.9 Å². The average molecular weight is 265 g/mol. The van der Waals surface area contributed by atoms with Gasteiger partial charge in [-0.25, -0.2) is 0 Å². The summed E-state index contributed by atoms with van der Waals surface area (Å²) in [5.74, 6) is 0.683. The van der Waals surface area contributed by atoms with Crippen LogP contribution in [-0.4, -0.2) is 32.8 Å². The quantitative estimate of drug-likeness (QED) is 0.802. The van der Waals surface area contributed by atoms with E-state index in [0.29, 0.717) is 13.2 Å². The molecule has 0 aliphatic rings. The summed E-state index contributed by atoms with van der Waals surface area (Å²) in [6, 6.07) is 8.05. The zero-order valence-corrected chi connectivity index (χ0v) is 12.2. The van der Waals surface area contributed by atoms with Gasteiger partial charge < -0.3 is 14.8 Å². The van der Waals surface area contributed by atoms with Crippen LogP contribution >= 0.6 is 0 Å². The monoisotopic (exact) mass is 265 g/mol. The van der Waals surface area contributed by atoms with Crippen molar-refractivity contribution in [3.05, 3.63) is 29.8 Å². The van der Waals surface area contributed by atoms with Gasteiger partial charge in [0.2, 0.25) is 5.91 Å². The molecule has 0 radical (unpaired) electrons. The Morgan fingerprint density at radius 3 is 2.37 bits per heavy atom. The lowest BCUT2D eigenvalue weighted by Gasteiger charge is -2.19. The van der Waals surface area contributed by atoms with Crippen LogP contribution < -0.4 is 10.1 Å². The van der Waals surface area contributed by atoms with Crippen molar-refractivity contribution in [3.8, 4) is 5.75 Å². The maximum Gasteiger partial charge on any atom is 0.246 e. The van der Waals surface area contributed by atoms with Gasteiger partial charge in [0, 0.05) is 7.11 Å². The lowest BCUT2D eigenvalue weighted by atomic mass is 9.87. The van der Waals surface area contributed by atoms with Gasteiger partial charge in [0.15, 0.2) is 0 Å². The Kier molecular flexibility index (Phi) is 5.83. The number of hydrogen-bond acceptors (Lipinski definition) is 3. The summed E-state index contributed by atoms with van der Waals surface area (Å²) in [6.07, 6.45) is 0. The third kappa shape index (κ3) is 5.75. The number of rotatable bonds is 6. The fourth-order valence-electron chi connectivity index (χ4n) is 1.59. The first kappa shape index (κ1) is 15.5. The number of amides is 1. The molecule has 1 N–H and O–H groups in total. The Balaban J connectivity index is 2.33. The summed E-state index contributed by atoms with van der Waals surface area (Å²) >= 11 is 0. The number of carbonyl (C=O) groups is 1. The summed E-state index contributed by atoms with van der Waals surface area (Å²) in [5, 5.41) is 2.70. The van der Waals surface area contributed by atoms with Gasteiger partial charge in [0.25, 0.3) is 0 Å². The predicted octanol–water partition coefficient (Wildman–Crippen LogP) is 2.13. The van der Waals surface area contributed by atoms with E-state index in [9.17, 15) is 4.79 Å². The minimum Gasteiger partial charge on any atom is -0.492 e. The topological polar surface area (TPSA) is 47.6 Å². The van der Waals surface area contributed by atoms with Crippen LogP contribution in [0, 0.1) is 0 Å². The van der Waals surface area contributed by atoms with Gasteiger partial charge in [-0.05, 0) is 23.1 Å². The summed E-state index contributed by atoms with van der Waals surface area (Å²) in [7, 11) is 1.49. The molecule has 0 fully saturated rings. The highest BCUT2D eigenvalue weighted by molar-refractivity contribution is 5.77. The largest absolute Gasteiger partial charge is 0.492 e. The van der Waals surface area contributed by atoms with E-state index in [1.165, 1.54) is 12.7 Å². The van der Waals surface area contributed by atoms with Crippen LogP contribution in [0.3, 0.4) is 0 Å². The molecule has 0 spiro atoms. The highest BCUT2D eigenvalue weighted by Gasteiger charge is 2.12. The van der Waals surface area contributed by atoms with Crippen molar-refractivity contribution >= 4 is 5.91 Å². The van der Waals surface area contributed by atoms with Crippen molar-refractivity contribution in [1.82, 2.24) is 5.32 Å². The van der Waals surface area contributed by atoms with Gasteiger partial charge >= 0.3 is 0 Å². The molecule has 4 heteroatoms. The average Bonchev–Trinajstić information content (AvgIpc) is 2.34. The molecular weight excluding hydrogens is 242 g/mol. The molecule has 0 unspecified atom stereocenters. The minimum absolute atomic E-state index is 0.0836. The van der Waals surface area contributed by atoms with Crippen molar-refractivity contribution in [1.29, 1.82) is 0 Å². The van der Waals surface area contributed by atoms with Crippen LogP contribution in [0.15, 0.2) is 24.3 Å². The van der Waals surface area contributed by atoms with Crippen LogP contribution in [0.25, 0.3) is 0 Å². The van der Waals surface area contributed by atoms with E-state index in [4.69, 9.17) is 9.47 Å². The van der Waals surface area contributed by atoms with Gasteiger partial charge in [0.1, 0.15) is 19.0 Å². The summed E-state index contributed by atoms with van der Waals surface area (Å²) in [5.41, 5.74) is 1.42. The molecule has 0 atom stereocenters. The minimum atomic E-state index is -0.130. The number of nitrogens with one attached hydrogen (secondary N) is 1. The third-order valence-corrected chi connectivity index (χ3v) is 2.69. The molecule has 0 bridgehead atoms. The maximum absolute atomic E-state index is 11.1. The second-order valence-corrected chi connectivity index (χ2v) is 5.41. The molecule has 0 saturated carbocycles. The van der Waals surface area contributed by atoms with Crippen LogP contribution in [0.2, 0.25) is 0 Å². The zero-order valence-electron chi connectivity index (χ0n) is 12.2. The molecule has 1 aromatic rings. The number of ether oxygens (including phenoxy) is 2. The first-order chi connectivity index (χ1) is 8.93. The number of carbonyl (C=O) groups excluding carboxylic acids is 1. The second kappa shape index (κ2) is 7.14. The fourth-order valence-corrected chi connectivity index (χ4v) is 1.59. The predicted molar refractivity (Wildman–Crippen MR) is 75.5 cm³/mol. The highest BCUT2D eigenvalue weighted by atomic mass is 16.5. The first-order valence-electron chi connectivity index (χ1n) is 6.42. The Hall–Kier alpha value is -1.55. The lowest BCUT2D eigenvalue weighted by Crippen LogP contribution is -2.30. The number of benzene rings is 1. The molecule has 4 nitrogen and oxygen atoms in total. The van der Waals surface area contributed by atoms with E-state index in [2.05, 4.69) is 38.2 Å². The second-order valence-electron chi connectivity index (χ2n) is 5.41. The highest BCUT2D eigenvalue weighted by Crippen LogP contribution is 2.24. The Labute approximate surface area is 115 Å². The van der Waals surface area contributed by atoms with Gasteiger partial charge in [0.05, 0.1) is 6.54 Å². The first-order valence-corrected chi connectivity index (χ1v) is 6.42. The zero-order chi connectivity index (χ0) is 14.3. The molecule has 0 aromatic heterocycles. The Morgan fingerprint density at radius 2 is 1.84 bits per heavy atom. The molecule has 0 heterocycles. The van der Waals surface area contributed by atoms with E-state index < -0.39 is 0 Å². The van der Waals surface area contributed by atoms with E-state index >= 15 is 0 Å². The Bertz CT molecular complexity index is 393. The van der Waals surface area contributed by atoms with Gasteiger partial charge in [-0.3, -0.25) is 4.79 Å². The van der Waals surface area contributed by atoms with Crippen LogP contribution in [0.5, 0.6) is 5.75 Å². The van der Waals surface area contributed by atoms with Crippen molar-refractivity contribution in [2.24, 2.45) is 0 Å². The molecular formula is C15H23NO3. The number of hydrogen-bond donors (Lipinski definition) is 1. The van der Waals surface area contributed by atoms with Crippen LogP contribution in [0.4, 0.5) is 0 Å². The molecule has 19 heavy (non-hydrogen) atoms. The van der Waals surface area contributed by atoms with Crippen LogP contribution in [-0.2, 0) is 14.9 Å². The molecule has 0 aliphatic heterocycles. The van der Waals surface area contributed by atoms with E-state index in [0.717, 1.165) is 5.75 Å². The van der Waals surface area contributed by atoms with Crippen molar-refractivity contribution < 1.29 is 14.3 Å². The summed E-state index contributed by atoms with van der Waals surface area (Å²) < 4.78 is 10.3. The number of methoxy groups -OCH3 is 1. The maximum atomic E-state index is 11.1. The van der Waals surface area contributed by atoms with E-state index in [1.54, 1.807) is 0 Å². The fraction of sp³-hybridized carbons (Fsp3) is 0.533. The smallest absolute Gasteiger partial charge is 0.246 e. The molecule has 106 valence electrons. The summed E-state index contributed by atoms with van der Waals surface area (Å²) in [6.45, 7) is 7.53. The molecule has 1 amide bonds. The van der Waals surface area contributed by atoms with Crippen molar-refractivity contribution in [3.63, 3.8) is 0 Å². The molecule has 1 aromatic carbocycles. The van der Waals surface area contributed by atoms with Gasteiger partial charge in [-0.2, -0.15) is 0 Å². The SMILES string of the molecule is COCC(=O)NCCOc1ccc(C(C)(C)C)cc1. The lowest BCUT2D eigenvalue weighted by molar-refractivity contribution is -0.124. The normalized spacial score (nSPS) is 11.2. The van der Waals surface area contributed by atoms with Crippen molar-refractivity contribution in [2.45, 2.75) is 26.2 Å². The van der Waals surface area contributed by atoms with Gasteiger partial charge in [-0.1, -0.05) is 32.9 Å². The molecule has 1 rings (SSSR count). The standard InChI is InChI=1S/C15H23NO3/c1-15(2,3)12-5-7-13(8-6-12)19-10-9-16-14(17)11-18-4/h5-8H,9-11H2,1-4H3,(H,16,17). The van der Waals surface area contributed by atoms with E-state index in [-0.39, 0.29) is 17.9 Å². The molecule has 0 aliphatic carbocycles. The van der Waals surface area contributed by atoms with Gasteiger partial charge in [-0.15, -0.1) is 0 Å². The molecule has 0 saturated heterocycles. The van der Waals surface area contributed by atoms with Crippen LogP contribution in [0.1, 0.15) is 26.3 Å². The Morgan fingerprint density at radius 1 is 1.21 bits per heavy atom. The third-order valence-electron chi connectivity index (χ3n) is 2.69. The summed E-state index contributed by atoms with van der Waals surface area (Å²) in [4.78, 5) is 11.1.